The Kier molecular flexibility index (Phi) is 4.75. The lowest BCUT2D eigenvalue weighted by Crippen LogP contribution is -2.20. The summed E-state index contributed by atoms with van der Waals surface area (Å²) < 4.78 is 5.04. The Morgan fingerprint density at radius 2 is 2.00 bits per heavy atom. The normalized spacial score (nSPS) is 17.4. The van der Waals surface area contributed by atoms with Gasteiger partial charge in [0.15, 0.2) is 5.82 Å². The van der Waals surface area contributed by atoms with Crippen LogP contribution < -0.4 is 11.1 Å². The van der Waals surface area contributed by atoms with E-state index in [0.29, 0.717) is 24.3 Å². The largest absolute Gasteiger partial charge is 0.384 e. The Morgan fingerprint density at radius 3 is 2.67 bits per heavy atom. The summed E-state index contributed by atoms with van der Waals surface area (Å²) in [5, 5.41) is 3.47. The predicted octanol–water partition coefficient (Wildman–Crippen LogP) is 2.34. The van der Waals surface area contributed by atoms with Gasteiger partial charge in [-0.05, 0) is 12.8 Å². The topological polar surface area (TPSA) is 73.1 Å². The zero-order valence-corrected chi connectivity index (χ0v) is 11.0. The van der Waals surface area contributed by atoms with Crippen LogP contribution in [0.25, 0.3) is 0 Å². The summed E-state index contributed by atoms with van der Waals surface area (Å²) >= 11 is 0. The van der Waals surface area contributed by atoms with Crippen LogP contribution in [-0.2, 0) is 11.3 Å². The minimum absolute atomic E-state index is 0.393. The van der Waals surface area contributed by atoms with E-state index in [1.165, 1.54) is 38.5 Å². The SMILES string of the molecule is COCc1nc(N)cc(NC2CCCCCC2)n1. The Hall–Kier alpha value is -1.36. The molecule has 18 heavy (non-hydrogen) atoms. The number of hydrogen-bond acceptors (Lipinski definition) is 5. The number of nitrogens with one attached hydrogen (secondary N) is 1. The highest BCUT2D eigenvalue weighted by Gasteiger charge is 2.13. The molecule has 0 unspecified atom stereocenters. The van der Waals surface area contributed by atoms with Gasteiger partial charge < -0.3 is 15.8 Å². The molecule has 1 fully saturated rings. The van der Waals surface area contributed by atoms with Crippen LogP contribution in [0.3, 0.4) is 0 Å². The zero-order chi connectivity index (χ0) is 12.8. The fourth-order valence-electron chi connectivity index (χ4n) is 2.42. The molecule has 0 amide bonds. The Bertz CT molecular complexity index is 375. The van der Waals surface area contributed by atoms with Gasteiger partial charge in [-0.1, -0.05) is 25.7 Å². The average Bonchev–Trinajstić information content (AvgIpc) is 2.57. The monoisotopic (exact) mass is 250 g/mol. The highest BCUT2D eigenvalue weighted by atomic mass is 16.5. The molecule has 1 aromatic rings. The summed E-state index contributed by atoms with van der Waals surface area (Å²) in [7, 11) is 1.63. The summed E-state index contributed by atoms with van der Waals surface area (Å²) in [6.07, 6.45) is 7.71. The quantitative estimate of drug-likeness (QED) is 0.802. The van der Waals surface area contributed by atoms with E-state index in [2.05, 4.69) is 15.3 Å². The second-order valence-corrected chi connectivity index (χ2v) is 4.86. The van der Waals surface area contributed by atoms with Crippen molar-refractivity contribution in [2.24, 2.45) is 0 Å². The molecule has 0 atom stereocenters. The molecular weight excluding hydrogens is 228 g/mol. The van der Waals surface area contributed by atoms with Crippen molar-refractivity contribution in [3.63, 3.8) is 0 Å². The fourth-order valence-corrected chi connectivity index (χ4v) is 2.42. The predicted molar refractivity (Wildman–Crippen MR) is 72.3 cm³/mol. The highest BCUT2D eigenvalue weighted by molar-refractivity contribution is 5.45. The number of nitrogens with zero attached hydrogens (tertiary/aromatic N) is 2. The number of nitrogens with two attached hydrogens (primary N) is 1. The van der Waals surface area contributed by atoms with Gasteiger partial charge in [-0.15, -0.1) is 0 Å². The maximum absolute atomic E-state index is 5.78. The fraction of sp³-hybridized carbons (Fsp3) is 0.692. The van der Waals surface area contributed by atoms with Gasteiger partial charge in [0.1, 0.15) is 18.2 Å². The molecule has 0 bridgehead atoms. The lowest BCUT2D eigenvalue weighted by molar-refractivity contribution is 0.178. The standard InChI is InChI=1S/C13H22N4O/c1-18-9-13-16-11(14)8-12(17-13)15-10-6-4-2-3-5-7-10/h8,10H,2-7,9H2,1H3,(H3,14,15,16,17). The van der Waals surface area contributed by atoms with E-state index in [0.717, 1.165) is 5.82 Å². The maximum atomic E-state index is 5.78. The van der Waals surface area contributed by atoms with Crippen molar-refractivity contribution in [3.8, 4) is 0 Å². The number of ether oxygens (including phenoxy) is 1. The van der Waals surface area contributed by atoms with Crippen molar-refractivity contribution in [2.75, 3.05) is 18.2 Å². The van der Waals surface area contributed by atoms with Crippen molar-refractivity contribution in [1.82, 2.24) is 9.97 Å². The van der Waals surface area contributed by atoms with Gasteiger partial charge in [-0.25, -0.2) is 9.97 Å². The third-order valence-electron chi connectivity index (χ3n) is 3.27. The Morgan fingerprint density at radius 1 is 1.28 bits per heavy atom. The van der Waals surface area contributed by atoms with Crippen molar-refractivity contribution in [1.29, 1.82) is 0 Å². The van der Waals surface area contributed by atoms with Gasteiger partial charge in [0.05, 0.1) is 0 Å². The van der Waals surface area contributed by atoms with E-state index < -0.39 is 0 Å². The van der Waals surface area contributed by atoms with Crippen LogP contribution in [-0.4, -0.2) is 23.1 Å². The van der Waals surface area contributed by atoms with Crippen LogP contribution in [0.15, 0.2) is 6.07 Å². The van der Waals surface area contributed by atoms with Gasteiger partial charge in [0.25, 0.3) is 0 Å². The molecular formula is C13H22N4O. The molecule has 1 heterocycles. The van der Waals surface area contributed by atoms with Gasteiger partial charge in [-0.2, -0.15) is 0 Å². The van der Waals surface area contributed by atoms with E-state index in [9.17, 15) is 0 Å². The molecule has 0 radical (unpaired) electrons. The maximum Gasteiger partial charge on any atom is 0.158 e. The summed E-state index contributed by atoms with van der Waals surface area (Å²) in [5.41, 5.74) is 5.78. The van der Waals surface area contributed by atoms with E-state index in [1.807, 2.05) is 0 Å². The minimum atomic E-state index is 0.393. The number of anilines is 2. The summed E-state index contributed by atoms with van der Waals surface area (Å²) in [6, 6.07) is 2.31. The molecule has 0 aliphatic heterocycles. The van der Waals surface area contributed by atoms with Crippen molar-refractivity contribution < 1.29 is 4.74 Å². The summed E-state index contributed by atoms with van der Waals surface area (Å²) in [6.45, 7) is 0.393. The molecule has 1 aliphatic carbocycles. The minimum Gasteiger partial charge on any atom is -0.384 e. The number of aromatic nitrogens is 2. The van der Waals surface area contributed by atoms with E-state index >= 15 is 0 Å². The molecule has 100 valence electrons. The van der Waals surface area contributed by atoms with Crippen LogP contribution >= 0.6 is 0 Å². The zero-order valence-electron chi connectivity index (χ0n) is 11.0. The van der Waals surface area contributed by atoms with Gasteiger partial charge >= 0.3 is 0 Å². The van der Waals surface area contributed by atoms with Gasteiger partial charge in [-0.3, -0.25) is 0 Å². The Balaban J connectivity index is 2.02. The first kappa shape index (κ1) is 13.1. The molecule has 1 aliphatic rings. The summed E-state index contributed by atoms with van der Waals surface area (Å²) in [5.74, 6) is 1.95. The molecule has 2 rings (SSSR count). The first-order valence-corrected chi connectivity index (χ1v) is 6.67. The molecule has 0 spiro atoms. The van der Waals surface area contributed by atoms with E-state index in [-0.39, 0.29) is 0 Å². The first-order valence-electron chi connectivity index (χ1n) is 6.67. The van der Waals surface area contributed by atoms with Crippen LogP contribution in [0.2, 0.25) is 0 Å². The van der Waals surface area contributed by atoms with Crippen molar-refractivity contribution in [3.05, 3.63) is 11.9 Å². The molecule has 3 N–H and O–H groups in total. The molecule has 1 saturated carbocycles. The Labute approximate surface area is 108 Å². The number of nitrogen functional groups attached to an aromatic ring is 1. The second-order valence-electron chi connectivity index (χ2n) is 4.86. The van der Waals surface area contributed by atoms with Crippen LogP contribution in [0.1, 0.15) is 44.3 Å². The van der Waals surface area contributed by atoms with Gasteiger partial charge in [0.2, 0.25) is 0 Å². The van der Waals surface area contributed by atoms with Crippen molar-refractivity contribution >= 4 is 11.6 Å². The van der Waals surface area contributed by atoms with Crippen LogP contribution in [0, 0.1) is 0 Å². The smallest absolute Gasteiger partial charge is 0.158 e. The van der Waals surface area contributed by atoms with E-state index in [4.69, 9.17) is 10.5 Å². The lowest BCUT2D eigenvalue weighted by atomic mass is 10.1. The third kappa shape index (κ3) is 3.84. The second kappa shape index (κ2) is 6.54. The molecule has 5 heteroatoms. The third-order valence-corrected chi connectivity index (χ3v) is 3.27. The summed E-state index contributed by atoms with van der Waals surface area (Å²) in [4.78, 5) is 8.56. The molecule has 0 aromatic carbocycles. The van der Waals surface area contributed by atoms with E-state index in [1.54, 1.807) is 13.2 Å². The van der Waals surface area contributed by atoms with Gasteiger partial charge in [0, 0.05) is 19.2 Å². The van der Waals surface area contributed by atoms with Crippen LogP contribution in [0.4, 0.5) is 11.6 Å². The van der Waals surface area contributed by atoms with Crippen LogP contribution in [0.5, 0.6) is 0 Å². The number of methoxy groups -OCH3 is 1. The molecule has 1 aromatic heterocycles. The highest BCUT2D eigenvalue weighted by Crippen LogP contribution is 2.21. The molecule has 0 saturated heterocycles. The average molecular weight is 250 g/mol. The first-order chi connectivity index (χ1) is 8.78. The molecule has 5 nitrogen and oxygen atoms in total. The number of rotatable bonds is 4. The number of hydrogen-bond donors (Lipinski definition) is 2. The van der Waals surface area contributed by atoms with Crippen molar-refractivity contribution in [2.45, 2.75) is 51.2 Å². The lowest BCUT2D eigenvalue weighted by Gasteiger charge is -2.17.